The lowest BCUT2D eigenvalue weighted by Gasteiger charge is -2.61. The third kappa shape index (κ3) is 8.62. The van der Waals surface area contributed by atoms with Gasteiger partial charge in [0, 0.05) is 67.6 Å². The molecule has 9 saturated heterocycles. The lowest BCUT2D eigenvalue weighted by molar-refractivity contribution is -0.356. The predicted octanol–water partition coefficient (Wildman–Crippen LogP) is 2.85. The zero-order chi connectivity index (χ0) is 49.4. The summed E-state index contributed by atoms with van der Waals surface area (Å²) in [4.78, 5) is 23.7. The van der Waals surface area contributed by atoms with E-state index in [0.29, 0.717) is 44.9 Å². The molecule has 19 heteroatoms. The number of aliphatic hydroxyl groups excluding tert-OH is 2. The van der Waals surface area contributed by atoms with E-state index in [1.807, 2.05) is 13.8 Å². The van der Waals surface area contributed by atoms with E-state index in [1.165, 1.54) is 6.08 Å². The van der Waals surface area contributed by atoms with Gasteiger partial charge in [0.25, 0.3) is 0 Å². The fourth-order valence-electron chi connectivity index (χ4n) is 14.4. The number of carbonyl (C=O) groups excluding carboxylic acids is 1. The SMILES string of the molecule is CC1=CC(=O)O[C@H]2C[C@H]3O[C@H]4C[C@@H](C)[C@H]5O[C@H]6C[C@H]7O[C@@]8(C)C/C=C\[C@H]9O[C@H]%10C[C@H]%11O[C@H](C(CO)S(=O)C[C@H](N)C(=O)O)C[C@H](O)[C@]%11(C)O[C@@H]%10C[C@@H]9O[C@@H]8C[C@]7(C)O[C@]6(C)CC[C@@H]5O[C@@H]4C[C@]3(C)O[C@H]12. The lowest BCUT2D eigenvalue weighted by atomic mass is 9.72. The molecule has 0 saturated carbocycles. The Kier molecular flexibility index (Phi) is 13.0. The van der Waals surface area contributed by atoms with Gasteiger partial charge in [0.2, 0.25) is 0 Å². The summed E-state index contributed by atoms with van der Waals surface area (Å²) in [6.45, 7) is 14.1. The Labute approximate surface area is 412 Å². The quantitative estimate of drug-likeness (QED) is 0.221. The van der Waals surface area contributed by atoms with Crippen molar-refractivity contribution >= 4 is 22.7 Å². The van der Waals surface area contributed by atoms with Gasteiger partial charge in [0.05, 0.1) is 120 Å². The molecular weight excluding hydrogens is 931 g/mol. The number of carbonyl (C=O) groups is 2. The van der Waals surface area contributed by atoms with Gasteiger partial charge < -0.3 is 73.2 Å². The zero-order valence-electron chi connectivity index (χ0n) is 41.5. The van der Waals surface area contributed by atoms with Crippen LogP contribution in [0.15, 0.2) is 23.8 Å². The molecule has 0 bridgehead atoms. The largest absolute Gasteiger partial charge is 0.480 e. The molecule has 11 aliphatic heterocycles. The molecule has 0 amide bonds. The second kappa shape index (κ2) is 18.1. The maximum Gasteiger partial charge on any atom is 0.331 e. The van der Waals surface area contributed by atoms with Gasteiger partial charge in [0.15, 0.2) is 0 Å². The molecule has 26 atom stereocenters. The number of nitrogens with two attached hydrogens (primary N) is 1. The smallest absolute Gasteiger partial charge is 0.331 e. The molecule has 11 aliphatic rings. The normalized spacial score (nSPS) is 54.5. The lowest BCUT2D eigenvalue weighted by Crippen LogP contribution is -2.70. The maximum atomic E-state index is 13.2. The first-order chi connectivity index (χ1) is 33.1. The van der Waals surface area contributed by atoms with E-state index >= 15 is 0 Å². The molecule has 0 aliphatic carbocycles. The summed E-state index contributed by atoms with van der Waals surface area (Å²) < 4.78 is 88.8. The van der Waals surface area contributed by atoms with Gasteiger partial charge in [-0.3, -0.25) is 9.00 Å². The molecular formula is C51H75NO17S. The molecule has 0 aromatic heterocycles. The zero-order valence-corrected chi connectivity index (χ0v) is 42.3. The van der Waals surface area contributed by atoms with Gasteiger partial charge in [-0.2, -0.15) is 0 Å². The van der Waals surface area contributed by atoms with Crippen molar-refractivity contribution in [2.75, 3.05) is 12.4 Å². The van der Waals surface area contributed by atoms with Crippen molar-refractivity contribution in [3.8, 4) is 0 Å². The highest BCUT2D eigenvalue weighted by Gasteiger charge is 2.64. The Morgan fingerprint density at radius 2 is 1.51 bits per heavy atom. The molecule has 0 aromatic carbocycles. The van der Waals surface area contributed by atoms with E-state index in [-0.39, 0.29) is 97.3 Å². The number of carboxylic acids is 1. The van der Waals surface area contributed by atoms with Crippen molar-refractivity contribution in [1.82, 2.24) is 0 Å². The molecule has 11 rings (SSSR count). The van der Waals surface area contributed by atoms with Crippen LogP contribution in [0.3, 0.4) is 0 Å². The molecule has 9 fully saturated rings. The standard InChI is InChI=1S/C51H75NO17S/c1-24-13-29-35(20-49(5)38(61-29)18-34-45(68-49)25(2)14-43(55)64-34)60-28-10-12-48(4)39(65-44(24)28)19-40-50(6,69-48)21-42-47(3,67-40)11-8-9-27-30(62-42)15-32-31(59-27)17-41-51(7,66-32)37(54)16-33(63-41)36(22-53)70(58)23-26(52)46(56)57/h8-9,14,24,26-42,44-45,53-54H,10-13,15-23,52H2,1-7H3,(H,56,57)/b9-8-/t24-,26+,27-,28+,29+,30+,31+,32-,33+,34+,35-,36?,37+,38-,39+,40-,41-,42-,44-,45-,47+,48-,49+,50+,51+,70?/m1/s1. The van der Waals surface area contributed by atoms with Crippen LogP contribution in [0.1, 0.15) is 119 Å². The van der Waals surface area contributed by atoms with Gasteiger partial charge >= 0.3 is 11.9 Å². The first-order valence-electron chi connectivity index (χ1n) is 26.0. The van der Waals surface area contributed by atoms with Crippen LogP contribution in [0.25, 0.3) is 0 Å². The highest BCUT2D eigenvalue weighted by molar-refractivity contribution is 7.85. The number of ether oxygens (including phenoxy) is 11. The van der Waals surface area contributed by atoms with E-state index < -0.39 is 93.2 Å². The van der Waals surface area contributed by atoms with Crippen molar-refractivity contribution < 1.29 is 81.2 Å². The van der Waals surface area contributed by atoms with Crippen molar-refractivity contribution in [3.63, 3.8) is 0 Å². The number of fused-ring (bicyclic) bond motifs is 10. The van der Waals surface area contributed by atoms with Crippen LogP contribution in [0.4, 0.5) is 0 Å². The van der Waals surface area contributed by atoms with Crippen LogP contribution >= 0.6 is 0 Å². The molecule has 392 valence electrons. The van der Waals surface area contributed by atoms with E-state index in [4.69, 9.17) is 57.8 Å². The second-order valence-electron chi connectivity index (χ2n) is 23.8. The van der Waals surface area contributed by atoms with Gasteiger partial charge in [0.1, 0.15) is 30.0 Å². The minimum atomic E-state index is -1.83. The van der Waals surface area contributed by atoms with Gasteiger partial charge in [-0.25, -0.2) is 4.79 Å². The monoisotopic (exact) mass is 1010 g/mol. The second-order valence-corrected chi connectivity index (χ2v) is 25.5. The summed E-state index contributed by atoms with van der Waals surface area (Å²) in [5.74, 6) is -1.82. The summed E-state index contributed by atoms with van der Waals surface area (Å²) in [6, 6.07) is -1.36. The molecule has 0 spiro atoms. The Balaban J connectivity index is 0.760. The number of aliphatic hydroxyl groups is 2. The van der Waals surface area contributed by atoms with Gasteiger partial charge in [-0.05, 0) is 78.7 Å². The highest BCUT2D eigenvalue weighted by atomic mass is 32.2. The fourth-order valence-corrected chi connectivity index (χ4v) is 15.9. The Hall–Kier alpha value is -1.95. The third-order valence-corrected chi connectivity index (χ3v) is 20.5. The first kappa shape index (κ1) is 50.2. The van der Waals surface area contributed by atoms with Crippen molar-refractivity contribution in [3.05, 3.63) is 23.8 Å². The highest BCUT2D eigenvalue weighted by Crippen LogP contribution is 2.55. The molecule has 0 aromatic rings. The number of esters is 1. The average molecular weight is 1010 g/mol. The van der Waals surface area contributed by atoms with Crippen molar-refractivity contribution in [2.45, 2.75) is 262 Å². The number of rotatable bonds is 6. The minimum absolute atomic E-state index is 0.0391. The number of hydrogen-bond donors (Lipinski definition) is 4. The summed E-state index contributed by atoms with van der Waals surface area (Å²) in [5, 5.41) is 30.3. The summed E-state index contributed by atoms with van der Waals surface area (Å²) in [5.41, 5.74) is 2.85. The van der Waals surface area contributed by atoms with Crippen molar-refractivity contribution in [1.29, 1.82) is 0 Å². The number of aliphatic carboxylic acids is 1. The number of hydrogen-bond acceptors (Lipinski definition) is 17. The fraction of sp³-hybridized carbons (Fsp3) is 0.882. The molecule has 2 unspecified atom stereocenters. The van der Waals surface area contributed by atoms with Crippen LogP contribution in [0, 0.1) is 5.92 Å². The Bertz CT molecular complexity index is 2130. The molecule has 70 heavy (non-hydrogen) atoms. The molecule has 11 heterocycles. The summed E-state index contributed by atoms with van der Waals surface area (Å²) >= 11 is 0. The van der Waals surface area contributed by atoms with Gasteiger partial charge in [-0.15, -0.1) is 0 Å². The van der Waals surface area contributed by atoms with Gasteiger partial charge in [-0.1, -0.05) is 19.1 Å². The third-order valence-electron chi connectivity index (χ3n) is 18.7. The van der Waals surface area contributed by atoms with Crippen LogP contribution in [-0.4, -0.2) is 187 Å². The van der Waals surface area contributed by atoms with Crippen LogP contribution in [0.2, 0.25) is 0 Å². The van der Waals surface area contributed by atoms with E-state index in [1.54, 1.807) is 0 Å². The molecule has 18 nitrogen and oxygen atoms in total. The van der Waals surface area contributed by atoms with Crippen LogP contribution in [0.5, 0.6) is 0 Å². The first-order valence-corrected chi connectivity index (χ1v) is 27.3. The maximum absolute atomic E-state index is 13.2. The summed E-state index contributed by atoms with van der Waals surface area (Å²) in [7, 11) is -1.83. The van der Waals surface area contributed by atoms with Crippen molar-refractivity contribution in [2.24, 2.45) is 11.7 Å². The van der Waals surface area contributed by atoms with Crippen LogP contribution in [-0.2, 0) is 72.5 Å². The van der Waals surface area contributed by atoms with E-state index in [9.17, 15) is 29.1 Å². The Morgan fingerprint density at radius 3 is 2.29 bits per heavy atom. The predicted molar refractivity (Wildman–Crippen MR) is 248 cm³/mol. The van der Waals surface area contributed by atoms with E-state index in [2.05, 4.69) is 46.8 Å². The average Bonchev–Trinajstić information content (AvgIpc) is 3.48. The van der Waals surface area contributed by atoms with Crippen LogP contribution < -0.4 is 5.73 Å². The Morgan fingerprint density at radius 1 is 0.771 bits per heavy atom. The summed E-state index contributed by atoms with van der Waals surface area (Å²) in [6.07, 6.45) is 5.52. The number of carboxylic acid groups (broad SMARTS) is 1. The molecule has 5 N–H and O–H groups in total. The topological polar surface area (TPSA) is 239 Å². The minimum Gasteiger partial charge on any atom is -0.480 e. The molecule has 0 radical (unpaired) electrons. The van der Waals surface area contributed by atoms with E-state index in [0.717, 1.165) is 24.8 Å².